The number of carbonyl (C=O) groups excluding carboxylic acids is 1. The molecular weight excluding hydrogens is 204 g/mol. The Morgan fingerprint density at radius 1 is 1.50 bits per heavy atom. The van der Waals surface area contributed by atoms with Crippen molar-refractivity contribution < 1.29 is 9.21 Å². The van der Waals surface area contributed by atoms with Crippen molar-refractivity contribution in [2.75, 3.05) is 13.1 Å². The third-order valence-corrected chi connectivity index (χ3v) is 2.64. The molecule has 0 atom stereocenters. The van der Waals surface area contributed by atoms with Crippen LogP contribution in [0.25, 0.3) is 0 Å². The topological polar surface area (TPSA) is 54.3 Å². The molecule has 0 bridgehead atoms. The van der Waals surface area contributed by atoms with Crippen molar-refractivity contribution in [1.82, 2.24) is 10.6 Å². The first-order valence-electron chi connectivity index (χ1n) is 5.82. The number of hydrogen-bond donors (Lipinski definition) is 2. The van der Waals surface area contributed by atoms with Crippen LogP contribution in [-0.2, 0) is 0 Å². The van der Waals surface area contributed by atoms with E-state index in [9.17, 15) is 4.79 Å². The van der Waals surface area contributed by atoms with Gasteiger partial charge < -0.3 is 15.1 Å². The van der Waals surface area contributed by atoms with E-state index >= 15 is 0 Å². The molecule has 0 spiro atoms. The zero-order valence-corrected chi connectivity index (χ0v) is 9.58. The van der Waals surface area contributed by atoms with Crippen molar-refractivity contribution in [1.29, 1.82) is 0 Å². The van der Waals surface area contributed by atoms with Crippen molar-refractivity contribution in [2.24, 2.45) is 0 Å². The van der Waals surface area contributed by atoms with Crippen molar-refractivity contribution in [2.45, 2.75) is 32.2 Å². The SMILES string of the molecule is Cc1cc(C(=O)NCCCNC2CC2)co1. The first-order chi connectivity index (χ1) is 7.75. The Labute approximate surface area is 95.4 Å². The average Bonchev–Trinajstić information content (AvgIpc) is 2.99. The van der Waals surface area contributed by atoms with Gasteiger partial charge in [0.15, 0.2) is 0 Å². The number of rotatable bonds is 6. The molecule has 4 nitrogen and oxygen atoms in total. The molecule has 0 aromatic carbocycles. The van der Waals surface area contributed by atoms with Crippen LogP contribution in [0.2, 0.25) is 0 Å². The maximum absolute atomic E-state index is 11.6. The van der Waals surface area contributed by atoms with Gasteiger partial charge in [0.2, 0.25) is 0 Å². The van der Waals surface area contributed by atoms with Crippen LogP contribution in [0.3, 0.4) is 0 Å². The summed E-state index contributed by atoms with van der Waals surface area (Å²) in [6.07, 6.45) is 5.08. The molecule has 1 aromatic rings. The zero-order chi connectivity index (χ0) is 11.4. The highest BCUT2D eigenvalue weighted by atomic mass is 16.3. The molecule has 16 heavy (non-hydrogen) atoms. The largest absolute Gasteiger partial charge is 0.469 e. The van der Waals surface area contributed by atoms with Gasteiger partial charge in [-0.3, -0.25) is 4.79 Å². The predicted molar refractivity (Wildman–Crippen MR) is 61.4 cm³/mol. The van der Waals surface area contributed by atoms with Crippen LogP contribution in [0.4, 0.5) is 0 Å². The highest BCUT2D eigenvalue weighted by Crippen LogP contribution is 2.18. The monoisotopic (exact) mass is 222 g/mol. The zero-order valence-electron chi connectivity index (χ0n) is 9.58. The van der Waals surface area contributed by atoms with Crippen LogP contribution in [0.5, 0.6) is 0 Å². The summed E-state index contributed by atoms with van der Waals surface area (Å²) in [7, 11) is 0. The van der Waals surface area contributed by atoms with Gasteiger partial charge in [-0.1, -0.05) is 0 Å². The molecular formula is C12H18N2O2. The second-order valence-corrected chi connectivity index (χ2v) is 4.28. The predicted octanol–water partition coefficient (Wildman–Crippen LogP) is 1.46. The Balaban J connectivity index is 1.59. The molecule has 0 saturated heterocycles. The quantitative estimate of drug-likeness (QED) is 0.716. The second kappa shape index (κ2) is 5.16. The lowest BCUT2D eigenvalue weighted by molar-refractivity contribution is 0.0952. The maximum atomic E-state index is 11.6. The van der Waals surface area contributed by atoms with Gasteiger partial charge in [0.1, 0.15) is 12.0 Å². The number of nitrogens with one attached hydrogen (secondary N) is 2. The minimum Gasteiger partial charge on any atom is -0.469 e. The fourth-order valence-corrected chi connectivity index (χ4v) is 1.55. The molecule has 88 valence electrons. The minimum absolute atomic E-state index is 0.0525. The lowest BCUT2D eigenvalue weighted by Crippen LogP contribution is -2.27. The van der Waals surface area contributed by atoms with Crippen LogP contribution >= 0.6 is 0 Å². The van der Waals surface area contributed by atoms with E-state index in [2.05, 4.69) is 10.6 Å². The van der Waals surface area contributed by atoms with Gasteiger partial charge in [0.05, 0.1) is 5.56 Å². The fourth-order valence-electron chi connectivity index (χ4n) is 1.55. The molecule has 4 heteroatoms. The van der Waals surface area contributed by atoms with E-state index in [4.69, 9.17) is 4.42 Å². The molecule has 1 aromatic heterocycles. The Kier molecular flexibility index (Phi) is 3.62. The smallest absolute Gasteiger partial charge is 0.254 e. The average molecular weight is 222 g/mol. The van der Waals surface area contributed by atoms with Crippen LogP contribution in [0, 0.1) is 6.92 Å². The summed E-state index contributed by atoms with van der Waals surface area (Å²) in [5.74, 6) is 0.712. The van der Waals surface area contributed by atoms with Gasteiger partial charge in [0, 0.05) is 12.6 Å². The van der Waals surface area contributed by atoms with Crippen molar-refractivity contribution in [3.63, 3.8) is 0 Å². The molecule has 0 unspecified atom stereocenters. The summed E-state index contributed by atoms with van der Waals surface area (Å²) >= 11 is 0. The van der Waals surface area contributed by atoms with E-state index in [1.54, 1.807) is 6.07 Å². The van der Waals surface area contributed by atoms with Gasteiger partial charge in [-0.05, 0) is 38.8 Å². The Morgan fingerprint density at radius 2 is 2.31 bits per heavy atom. The van der Waals surface area contributed by atoms with Crippen molar-refractivity contribution in [3.05, 3.63) is 23.7 Å². The number of amides is 1. The van der Waals surface area contributed by atoms with Crippen LogP contribution < -0.4 is 10.6 Å². The van der Waals surface area contributed by atoms with E-state index < -0.39 is 0 Å². The summed E-state index contributed by atoms with van der Waals surface area (Å²) in [5, 5.41) is 6.27. The third kappa shape index (κ3) is 3.38. The van der Waals surface area contributed by atoms with E-state index in [1.165, 1.54) is 19.1 Å². The number of aryl methyl sites for hydroxylation is 1. The van der Waals surface area contributed by atoms with Gasteiger partial charge >= 0.3 is 0 Å². The van der Waals surface area contributed by atoms with E-state index in [1.807, 2.05) is 6.92 Å². The lowest BCUT2D eigenvalue weighted by atomic mass is 10.3. The van der Waals surface area contributed by atoms with E-state index in [0.29, 0.717) is 12.1 Å². The lowest BCUT2D eigenvalue weighted by Gasteiger charge is -2.04. The highest BCUT2D eigenvalue weighted by molar-refractivity contribution is 5.93. The van der Waals surface area contributed by atoms with Crippen LogP contribution in [0.15, 0.2) is 16.7 Å². The fraction of sp³-hybridized carbons (Fsp3) is 0.583. The molecule has 1 saturated carbocycles. The maximum Gasteiger partial charge on any atom is 0.254 e. The summed E-state index contributed by atoms with van der Waals surface area (Å²) in [4.78, 5) is 11.6. The van der Waals surface area contributed by atoms with Gasteiger partial charge in [-0.2, -0.15) is 0 Å². The Hall–Kier alpha value is -1.29. The minimum atomic E-state index is -0.0525. The standard InChI is InChI=1S/C12H18N2O2/c1-9-7-10(8-16-9)12(15)14-6-2-5-13-11-3-4-11/h7-8,11,13H,2-6H2,1H3,(H,14,15). The van der Waals surface area contributed by atoms with Gasteiger partial charge in [-0.25, -0.2) is 0 Å². The molecule has 2 N–H and O–H groups in total. The highest BCUT2D eigenvalue weighted by Gasteiger charge is 2.19. The first kappa shape index (κ1) is 11.2. The summed E-state index contributed by atoms with van der Waals surface area (Å²) < 4.78 is 5.08. The molecule has 1 aliphatic rings. The van der Waals surface area contributed by atoms with Gasteiger partial charge in [-0.15, -0.1) is 0 Å². The molecule has 1 aliphatic carbocycles. The number of carbonyl (C=O) groups is 1. The summed E-state index contributed by atoms with van der Waals surface area (Å²) in [6, 6.07) is 2.49. The van der Waals surface area contributed by atoms with Crippen LogP contribution in [0.1, 0.15) is 35.4 Å². The normalized spacial score (nSPS) is 15.1. The molecule has 1 fully saturated rings. The summed E-state index contributed by atoms with van der Waals surface area (Å²) in [5.41, 5.74) is 0.604. The molecule has 0 radical (unpaired) electrons. The molecule has 1 heterocycles. The Morgan fingerprint density at radius 3 is 2.94 bits per heavy atom. The third-order valence-electron chi connectivity index (χ3n) is 2.64. The Bertz CT molecular complexity index is 356. The molecule has 1 amide bonds. The van der Waals surface area contributed by atoms with Gasteiger partial charge in [0.25, 0.3) is 5.91 Å². The van der Waals surface area contributed by atoms with E-state index in [-0.39, 0.29) is 5.91 Å². The van der Waals surface area contributed by atoms with Crippen molar-refractivity contribution in [3.8, 4) is 0 Å². The number of hydrogen-bond acceptors (Lipinski definition) is 3. The van der Waals surface area contributed by atoms with Crippen molar-refractivity contribution >= 4 is 5.91 Å². The first-order valence-corrected chi connectivity index (χ1v) is 5.82. The number of furan rings is 1. The van der Waals surface area contributed by atoms with Crippen LogP contribution in [-0.4, -0.2) is 25.0 Å². The molecule has 0 aliphatic heterocycles. The molecule has 2 rings (SSSR count). The van der Waals surface area contributed by atoms with E-state index in [0.717, 1.165) is 24.8 Å². The summed E-state index contributed by atoms with van der Waals surface area (Å²) in [6.45, 7) is 3.52. The second-order valence-electron chi connectivity index (χ2n) is 4.28.